The Labute approximate surface area is 317 Å². The fourth-order valence-corrected chi connectivity index (χ4v) is 9.36. The van der Waals surface area contributed by atoms with Gasteiger partial charge in [0.2, 0.25) is 0 Å². The first-order valence-corrected chi connectivity index (χ1v) is 19.5. The van der Waals surface area contributed by atoms with Gasteiger partial charge in [-0.2, -0.15) is 0 Å². The van der Waals surface area contributed by atoms with E-state index in [-0.39, 0.29) is 10.8 Å². The highest BCUT2D eigenvalue weighted by Crippen LogP contribution is 2.49. The molecule has 260 valence electrons. The van der Waals surface area contributed by atoms with E-state index in [0.717, 1.165) is 22.7 Å². The van der Waals surface area contributed by atoms with Crippen molar-refractivity contribution < 1.29 is 0 Å². The summed E-state index contributed by atoms with van der Waals surface area (Å²) in [4.78, 5) is 4.76. The third kappa shape index (κ3) is 6.09. The molecule has 0 saturated carbocycles. The van der Waals surface area contributed by atoms with Crippen molar-refractivity contribution in [2.45, 2.75) is 51.4 Å². The molecule has 1 aromatic heterocycles. The Morgan fingerprint density at radius 3 is 1.42 bits per heavy atom. The molecule has 1 heterocycles. The molecule has 0 N–H and O–H groups in total. The number of para-hydroxylation sites is 2. The molecule has 0 aliphatic heterocycles. The van der Waals surface area contributed by atoms with E-state index in [1.54, 1.807) is 0 Å². The fourth-order valence-electron chi connectivity index (χ4n) is 8.22. The summed E-state index contributed by atoms with van der Waals surface area (Å²) in [7, 11) is 0. The van der Waals surface area contributed by atoms with Gasteiger partial charge in [0.25, 0.3) is 0 Å². The lowest BCUT2D eigenvalue weighted by Crippen LogP contribution is -2.34. The molecule has 7 aromatic carbocycles. The van der Waals surface area contributed by atoms with Gasteiger partial charge in [0, 0.05) is 54.3 Å². The molecule has 53 heavy (non-hydrogen) atoms. The maximum absolute atomic E-state index is 2.48. The van der Waals surface area contributed by atoms with E-state index < -0.39 is 0 Å². The Kier molecular flexibility index (Phi) is 8.20. The van der Waals surface area contributed by atoms with E-state index in [0.29, 0.717) is 0 Å². The van der Waals surface area contributed by atoms with Crippen molar-refractivity contribution in [1.29, 1.82) is 0 Å². The predicted molar refractivity (Wildman–Crippen MR) is 229 cm³/mol. The maximum atomic E-state index is 2.48. The van der Waals surface area contributed by atoms with Crippen LogP contribution in [-0.2, 0) is 10.8 Å². The number of rotatable bonds is 7. The van der Waals surface area contributed by atoms with Gasteiger partial charge < -0.3 is 9.80 Å². The Balaban J connectivity index is 1.11. The number of anilines is 6. The van der Waals surface area contributed by atoms with Crippen LogP contribution in [0.5, 0.6) is 0 Å². The molecule has 8 aromatic rings. The third-order valence-corrected chi connectivity index (χ3v) is 12.5. The van der Waals surface area contributed by atoms with Crippen LogP contribution in [0.15, 0.2) is 170 Å². The predicted octanol–water partition coefficient (Wildman–Crippen LogP) is 15.0. The number of nitrogens with zero attached hydrogens (tertiary/aromatic N) is 2. The van der Waals surface area contributed by atoms with E-state index in [2.05, 4.69) is 207 Å². The first kappa shape index (κ1) is 33.2. The first-order chi connectivity index (χ1) is 25.7. The number of hydrogen-bond donors (Lipinski definition) is 0. The minimum absolute atomic E-state index is 0.120. The van der Waals surface area contributed by atoms with E-state index in [9.17, 15) is 0 Å². The van der Waals surface area contributed by atoms with Gasteiger partial charge in [-0.3, -0.25) is 0 Å². The zero-order valence-electron chi connectivity index (χ0n) is 30.9. The number of hydrogen-bond acceptors (Lipinski definition) is 3. The van der Waals surface area contributed by atoms with Crippen LogP contribution >= 0.6 is 11.3 Å². The van der Waals surface area contributed by atoms with Gasteiger partial charge >= 0.3 is 0 Å². The van der Waals surface area contributed by atoms with E-state index in [1.807, 2.05) is 11.3 Å². The van der Waals surface area contributed by atoms with Crippen LogP contribution in [0.2, 0.25) is 0 Å². The molecule has 0 fully saturated rings. The Hall–Kier alpha value is -5.64. The highest BCUT2D eigenvalue weighted by Gasteiger charge is 2.37. The molecule has 0 radical (unpaired) electrons. The van der Waals surface area contributed by atoms with Crippen LogP contribution in [0.25, 0.3) is 31.3 Å². The first-order valence-electron chi connectivity index (χ1n) is 18.7. The molecule has 2 nitrogen and oxygen atoms in total. The molecule has 0 atom stereocenters. The summed E-state index contributed by atoms with van der Waals surface area (Å²) >= 11 is 1.88. The second-order valence-electron chi connectivity index (χ2n) is 15.7. The second kappa shape index (κ2) is 13.1. The molecule has 0 bridgehead atoms. The summed E-state index contributed by atoms with van der Waals surface area (Å²) in [5, 5.41) is 2.65. The maximum Gasteiger partial charge on any atom is 0.0476 e. The Bertz CT molecular complexity index is 2510. The molecule has 9 rings (SSSR count). The quantitative estimate of drug-likeness (QED) is 0.163. The molecule has 0 saturated heterocycles. The molecule has 1 aliphatic carbocycles. The number of benzene rings is 7. The van der Waals surface area contributed by atoms with Crippen LogP contribution in [0.3, 0.4) is 0 Å². The van der Waals surface area contributed by atoms with E-state index >= 15 is 0 Å². The van der Waals surface area contributed by atoms with Gasteiger partial charge in [0.15, 0.2) is 0 Å². The van der Waals surface area contributed by atoms with E-state index in [1.165, 1.54) is 66.6 Å². The van der Waals surface area contributed by atoms with Gasteiger partial charge in [-0.15, -0.1) is 11.3 Å². The van der Waals surface area contributed by atoms with Crippen molar-refractivity contribution in [2.24, 2.45) is 0 Å². The lowest BCUT2D eigenvalue weighted by molar-refractivity contribution is 0.332. The molecular weight excluding hydrogens is 661 g/mol. The molecular formula is C50H44N2S. The monoisotopic (exact) mass is 704 g/mol. The lowest BCUT2D eigenvalue weighted by atomic mass is 9.63. The van der Waals surface area contributed by atoms with Gasteiger partial charge in [-0.25, -0.2) is 0 Å². The zero-order valence-corrected chi connectivity index (χ0v) is 31.7. The highest BCUT2D eigenvalue weighted by molar-refractivity contribution is 7.25. The highest BCUT2D eigenvalue weighted by atomic mass is 32.1. The summed E-state index contributed by atoms with van der Waals surface area (Å²) in [5.74, 6) is 0. The topological polar surface area (TPSA) is 6.48 Å². The Morgan fingerprint density at radius 2 is 0.811 bits per heavy atom. The zero-order chi connectivity index (χ0) is 36.2. The summed E-state index contributed by atoms with van der Waals surface area (Å²) < 4.78 is 2.64. The van der Waals surface area contributed by atoms with E-state index in [4.69, 9.17) is 0 Å². The second-order valence-corrected chi connectivity index (χ2v) is 16.8. The number of fused-ring (bicyclic) bond motifs is 4. The van der Waals surface area contributed by atoms with Crippen LogP contribution in [0, 0.1) is 0 Å². The van der Waals surface area contributed by atoms with Gasteiger partial charge in [0.05, 0.1) is 0 Å². The van der Waals surface area contributed by atoms with Crippen molar-refractivity contribution in [1.82, 2.24) is 0 Å². The van der Waals surface area contributed by atoms with Crippen molar-refractivity contribution in [3.63, 3.8) is 0 Å². The van der Waals surface area contributed by atoms with Crippen LogP contribution in [0.1, 0.15) is 51.7 Å². The lowest BCUT2D eigenvalue weighted by Gasteiger charge is -2.42. The van der Waals surface area contributed by atoms with Crippen LogP contribution in [-0.4, -0.2) is 0 Å². The van der Waals surface area contributed by atoms with Crippen molar-refractivity contribution in [3.05, 3.63) is 181 Å². The van der Waals surface area contributed by atoms with Gasteiger partial charge in [0.1, 0.15) is 0 Å². The van der Waals surface area contributed by atoms with Crippen LogP contribution in [0.4, 0.5) is 34.1 Å². The minimum atomic E-state index is 0.120. The number of thiophene rings is 1. The normalized spacial score (nSPS) is 14.6. The van der Waals surface area contributed by atoms with Gasteiger partial charge in [-0.05, 0) is 125 Å². The summed E-state index contributed by atoms with van der Waals surface area (Å²) in [6.07, 6.45) is 2.39. The molecule has 0 spiro atoms. The average Bonchev–Trinajstić information content (AvgIpc) is 3.56. The van der Waals surface area contributed by atoms with Crippen molar-refractivity contribution >= 4 is 65.6 Å². The van der Waals surface area contributed by atoms with Crippen molar-refractivity contribution in [3.8, 4) is 11.1 Å². The standard InChI is InChI=1S/C50H44N2S/c1-49(2)31-32-50(3,4)46-33-41(28-30-45(46)49)52(42-27-29-44-43-17-11-12-18-47(43)53-48(44)34-42)40-25-21-36(22-26-40)35-19-23-39(24-20-35)51(37-13-7-5-8-14-37)38-15-9-6-10-16-38/h5-30,33-34H,31-32H2,1-4H3. The Morgan fingerprint density at radius 1 is 0.377 bits per heavy atom. The summed E-state index contributed by atoms with van der Waals surface area (Å²) in [6.45, 7) is 9.63. The minimum Gasteiger partial charge on any atom is -0.311 e. The third-order valence-electron chi connectivity index (χ3n) is 11.3. The smallest absolute Gasteiger partial charge is 0.0476 e. The average molecular weight is 705 g/mol. The molecule has 0 unspecified atom stereocenters. The molecule has 0 amide bonds. The summed E-state index contributed by atoms with van der Waals surface area (Å²) in [5.41, 5.74) is 12.6. The largest absolute Gasteiger partial charge is 0.311 e. The molecule has 3 heteroatoms. The van der Waals surface area contributed by atoms with Crippen LogP contribution < -0.4 is 9.80 Å². The molecule has 1 aliphatic rings. The SMILES string of the molecule is CC1(C)CCC(C)(C)c2cc(N(c3ccc(-c4ccc(N(c5ccccc5)c5ccccc5)cc4)cc3)c3ccc4c(c3)sc3ccccc34)ccc21. The fraction of sp³-hybridized carbons (Fsp3) is 0.160. The summed E-state index contributed by atoms with van der Waals surface area (Å²) in [6, 6.07) is 62.2. The van der Waals surface area contributed by atoms with Crippen molar-refractivity contribution in [2.75, 3.05) is 9.80 Å². The van der Waals surface area contributed by atoms with Gasteiger partial charge in [-0.1, -0.05) is 119 Å².